The number of alkyl halides is 1. The minimum atomic E-state index is 0.214. The number of allylic oxidation sites excluding steroid dienone is 2. The summed E-state index contributed by atoms with van der Waals surface area (Å²) in [7, 11) is 0. The van der Waals surface area contributed by atoms with Crippen LogP contribution in [0.15, 0.2) is 35.9 Å². The molecule has 1 aliphatic rings. The van der Waals surface area contributed by atoms with E-state index < -0.39 is 0 Å². The highest BCUT2D eigenvalue weighted by atomic mass is 35.5. The molecule has 1 unspecified atom stereocenters. The molecular formula is C13H15ClO. The third-order valence-corrected chi connectivity index (χ3v) is 3.11. The van der Waals surface area contributed by atoms with Gasteiger partial charge in [-0.05, 0) is 43.4 Å². The van der Waals surface area contributed by atoms with Crippen molar-refractivity contribution in [3.05, 3.63) is 41.5 Å². The summed E-state index contributed by atoms with van der Waals surface area (Å²) >= 11 is 6.09. The van der Waals surface area contributed by atoms with E-state index in [0.29, 0.717) is 5.75 Å². The molecule has 0 heterocycles. The van der Waals surface area contributed by atoms with Crippen LogP contribution >= 0.6 is 11.6 Å². The average molecular weight is 223 g/mol. The third-order valence-electron chi connectivity index (χ3n) is 2.76. The van der Waals surface area contributed by atoms with Crippen LogP contribution in [-0.4, -0.2) is 10.5 Å². The Hall–Kier alpha value is -0.950. The average Bonchev–Trinajstić information content (AvgIpc) is 2.22. The maximum Gasteiger partial charge on any atom is 0.115 e. The van der Waals surface area contributed by atoms with E-state index in [4.69, 9.17) is 16.7 Å². The van der Waals surface area contributed by atoms with Gasteiger partial charge in [-0.15, -0.1) is 11.6 Å². The van der Waals surface area contributed by atoms with Crippen molar-refractivity contribution in [2.75, 3.05) is 0 Å². The largest absolute Gasteiger partial charge is 0.508 e. The van der Waals surface area contributed by atoms with Crippen LogP contribution in [0, 0.1) is 0 Å². The van der Waals surface area contributed by atoms with Gasteiger partial charge in [-0.1, -0.05) is 23.8 Å². The Labute approximate surface area is 95.4 Å². The van der Waals surface area contributed by atoms with Gasteiger partial charge in [0, 0.05) is 0 Å². The van der Waals surface area contributed by atoms with Crippen molar-refractivity contribution in [1.82, 2.24) is 0 Å². The van der Waals surface area contributed by atoms with E-state index in [1.165, 1.54) is 17.6 Å². The molecule has 15 heavy (non-hydrogen) atoms. The summed E-state index contributed by atoms with van der Waals surface area (Å²) in [5.74, 6) is 0.326. The zero-order chi connectivity index (χ0) is 10.7. The molecule has 0 aromatic heterocycles. The van der Waals surface area contributed by atoms with Crippen molar-refractivity contribution in [3.8, 4) is 5.75 Å². The Morgan fingerprint density at radius 1 is 1.27 bits per heavy atom. The van der Waals surface area contributed by atoms with Crippen LogP contribution in [0.4, 0.5) is 0 Å². The first-order valence-electron chi connectivity index (χ1n) is 5.35. The van der Waals surface area contributed by atoms with Crippen molar-refractivity contribution >= 4 is 11.6 Å². The molecule has 80 valence electrons. The quantitative estimate of drug-likeness (QED) is 0.598. The molecule has 1 aromatic rings. The Morgan fingerprint density at radius 2 is 2.00 bits per heavy atom. The van der Waals surface area contributed by atoms with Crippen molar-refractivity contribution < 1.29 is 5.11 Å². The summed E-state index contributed by atoms with van der Waals surface area (Å²) in [6, 6.07) is 7.40. The highest BCUT2D eigenvalue weighted by Crippen LogP contribution is 2.24. The van der Waals surface area contributed by atoms with E-state index in [0.717, 1.165) is 19.3 Å². The molecule has 0 radical (unpaired) electrons. The van der Waals surface area contributed by atoms with Gasteiger partial charge in [0.2, 0.25) is 0 Å². The van der Waals surface area contributed by atoms with Gasteiger partial charge in [0.25, 0.3) is 0 Å². The molecule has 0 saturated carbocycles. The lowest BCUT2D eigenvalue weighted by Gasteiger charge is -2.16. The van der Waals surface area contributed by atoms with Gasteiger partial charge in [-0.25, -0.2) is 0 Å². The fourth-order valence-corrected chi connectivity index (χ4v) is 2.30. The van der Waals surface area contributed by atoms with Gasteiger partial charge in [-0.2, -0.15) is 0 Å². The van der Waals surface area contributed by atoms with Crippen molar-refractivity contribution in [1.29, 1.82) is 0 Å². The molecule has 1 N–H and O–H groups in total. The SMILES string of the molecule is Oc1ccc(CC2=CC(Cl)CCC2)cc1. The van der Waals surface area contributed by atoms with Crippen molar-refractivity contribution in [3.63, 3.8) is 0 Å². The van der Waals surface area contributed by atoms with Gasteiger partial charge in [0.15, 0.2) is 0 Å². The van der Waals surface area contributed by atoms with E-state index >= 15 is 0 Å². The van der Waals surface area contributed by atoms with Gasteiger partial charge in [0.1, 0.15) is 5.75 Å². The predicted octanol–water partition coefficient (Wildman–Crippen LogP) is 3.65. The molecule has 2 heteroatoms. The first-order valence-corrected chi connectivity index (χ1v) is 5.79. The van der Waals surface area contributed by atoms with Crippen molar-refractivity contribution in [2.45, 2.75) is 31.1 Å². The van der Waals surface area contributed by atoms with Crippen LogP contribution in [-0.2, 0) is 6.42 Å². The molecule has 1 nitrogen and oxygen atoms in total. The van der Waals surface area contributed by atoms with Gasteiger partial charge >= 0.3 is 0 Å². The zero-order valence-corrected chi connectivity index (χ0v) is 9.37. The summed E-state index contributed by atoms with van der Waals surface area (Å²) < 4.78 is 0. The first-order chi connectivity index (χ1) is 7.24. The number of halogens is 1. The lowest BCUT2D eigenvalue weighted by Crippen LogP contribution is -2.05. The molecule has 1 aromatic carbocycles. The smallest absolute Gasteiger partial charge is 0.115 e. The predicted molar refractivity (Wildman–Crippen MR) is 63.4 cm³/mol. The molecule has 0 aliphatic heterocycles. The molecule has 1 aliphatic carbocycles. The number of hydrogen-bond acceptors (Lipinski definition) is 1. The second-order valence-electron chi connectivity index (χ2n) is 4.08. The highest BCUT2D eigenvalue weighted by molar-refractivity contribution is 6.21. The summed E-state index contributed by atoms with van der Waals surface area (Å²) in [6.45, 7) is 0. The minimum absolute atomic E-state index is 0.214. The summed E-state index contributed by atoms with van der Waals surface area (Å²) in [5.41, 5.74) is 2.66. The number of hydrogen-bond donors (Lipinski definition) is 1. The van der Waals surface area contributed by atoms with Gasteiger partial charge < -0.3 is 5.11 Å². The fraction of sp³-hybridized carbons (Fsp3) is 0.385. The second kappa shape index (κ2) is 4.71. The normalized spacial score (nSPS) is 21.1. The van der Waals surface area contributed by atoms with E-state index in [9.17, 15) is 0 Å². The lowest BCUT2D eigenvalue weighted by atomic mass is 9.94. The standard InChI is InChI=1S/C13H15ClO/c14-12-3-1-2-11(9-12)8-10-4-6-13(15)7-5-10/h4-7,9,12,15H,1-3,8H2. The van der Waals surface area contributed by atoms with E-state index in [2.05, 4.69) is 6.08 Å². The molecule has 0 spiro atoms. The maximum atomic E-state index is 9.17. The third kappa shape index (κ3) is 3.00. The molecule has 0 amide bonds. The number of rotatable bonds is 2. The van der Waals surface area contributed by atoms with E-state index in [1.54, 1.807) is 12.1 Å². The van der Waals surface area contributed by atoms with E-state index in [-0.39, 0.29) is 5.38 Å². The Bertz CT molecular complexity index is 353. The summed E-state index contributed by atoms with van der Waals surface area (Å²) in [5, 5.41) is 9.38. The number of aromatic hydroxyl groups is 1. The second-order valence-corrected chi connectivity index (χ2v) is 4.64. The number of benzene rings is 1. The molecule has 1 atom stereocenters. The Kier molecular flexibility index (Phi) is 3.32. The molecule has 2 rings (SSSR count). The van der Waals surface area contributed by atoms with Gasteiger partial charge in [0.05, 0.1) is 5.38 Å². The van der Waals surface area contributed by atoms with Crippen molar-refractivity contribution in [2.24, 2.45) is 0 Å². The highest BCUT2D eigenvalue weighted by Gasteiger charge is 2.11. The van der Waals surface area contributed by atoms with E-state index in [1.807, 2.05) is 12.1 Å². The number of phenols is 1. The topological polar surface area (TPSA) is 20.2 Å². The Balaban J connectivity index is 2.05. The van der Waals surface area contributed by atoms with Crippen LogP contribution in [0.2, 0.25) is 0 Å². The lowest BCUT2D eigenvalue weighted by molar-refractivity contribution is 0.475. The van der Waals surface area contributed by atoms with Crippen LogP contribution in [0.3, 0.4) is 0 Å². The minimum Gasteiger partial charge on any atom is -0.508 e. The maximum absolute atomic E-state index is 9.17. The molecule has 0 saturated heterocycles. The summed E-state index contributed by atoms with van der Waals surface area (Å²) in [4.78, 5) is 0. The fourth-order valence-electron chi connectivity index (χ4n) is 1.97. The van der Waals surface area contributed by atoms with Gasteiger partial charge in [-0.3, -0.25) is 0 Å². The monoisotopic (exact) mass is 222 g/mol. The molecule has 0 bridgehead atoms. The summed E-state index contributed by atoms with van der Waals surface area (Å²) in [6.07, 6.45) is 6.59. The van der Waals surface area contributed by atoms with Crippen LogP contribution in [0.1, 0.15) is 24.8 Å². The molecule has 0 fully saturated rings. The molecular weight excluding hydrogens is 208 g/mol. The zero-order valence-electron chi connectivity index (χ0n) is 8.62. The first kappa shape index (κ1) is 10.6. The Morgan fingerprint density at radius 3 is 2.67 bits per heavy atom. The van der Waals surface area contributed by atoms with Crippen LogP contribution in [0.5, 0.6) is 5.75 Å². The van der Waals surface area contributed by atoms with Crippen LogP contribution < -0.4 is 0 Å². The van der Waals surface area contributed by atoms with Crippen LogP contribution in [0.25, 0.3) is 0 Å². The number of phenolic OH excluding ortho intramolecular Hbond substituents is 1.